The second-order valence-corrected chi connectivity index (χ2v) is 9.81. The maximum absolute atomic E-state index is 13.3. The minimum absolute atomic E-state index is 0. The van der Waals surface area contributed by atoms with Gasteiger partial charge >= 0.3 is 18.9 Å². The summed E-state index contributed by atoms with van der Waals surface area (Å²) in [6.45, 7) is 0.153. The van der Waals surface area contributed by atoms with Gasteiger partial charge in [-0.1, -0.05) is 18.2 Å². The molecule has 0 amide bonds. The van der Waals surface area contributed by atoms with Crippen molar-refractivity contribution in [1.82, 2.24) is 13.3 Å². The fourth-order valence-corrected chi connectivity index (χ4v) is 6.15. The minimum Gasteiger partial charge on any atom is -0.735 e. The van der Waals surface area contributed by atoms with Crippen LogP contribution in [0.2, 0.25) is 0 Å². The van der Waals surface area contributed by atoms with Gasteiger partial charge in [-0.15, -0.1) is 0 Å². The van der Waals surface area contributed by atoms with Crippen LogP contribution in [0.1, 0.15) is 18.5 Å². The van der Waals surface area contributed by atoms with Crippen LogP contribution in [0, 0.1) is 0 Å². The molecular weight excluding hydrogens is 409 g/mol. The topological polar surface area (TPSA) is 112 Å². The van der Waals surface area contributed by atoms with Crippen LogP contribution in [-0.2, 0) is 26.7 Å². The molecule has 1 aliphatic heterocycles. The minimum atomic E-state index is -4.59. The smallest absolute Gasteiger partial charge is 0.735 e. The largest absolute Gasteiger partial charge is 1.00 e. The molecule has 1 saturated heterocycles. The summed E-state index contributed by atoms with van der Waals surface area (Å²) in [5.41, 5.74) is 0.675. The van der Waals surface area contributed by atoms with Crippen molar-refractivity contribution in [1.29, 1.82) is 0 Å². The quantitative estimate of drug-likeness (QED) is 0.371. The van der Waals surface area contributed by atoms with E-state index >= 15 is 0 Å². The first-order chi connectivity index (χ1) is 13.3. The van der Waals surface area contributed by atoms with Crippen LogP contribution in [-0.4, -0.2) is 47.2 Å². The monoisotopic (exact) mass is 427 g/mol. The van der Waals surface area contributed by atoms with E-state index in [2.05, 4.69) is 4.98 Å². The number of pyridine rings is 1. The Morgan fingerprint density at radius 3 is 2.48 bits per heavy atom. The molecule has 2 aromatic heterocycles. The van der Waals surface area contributed by atoms with E-state index in [1.54, 1.807) is 36.4 Å². The van der Waals surface area contributed by atoms with Gasteiger partial charge in [0.1, 0.15) is 0 Å². The van der Waals surface area contributed by atoms with Gasteiger partial charge in [-0.2, -0.15) is 0 Å². The zero-order chi connectivity index (χ0) is 19.9. The Labute approximate surface area is 181 Å². The molecule has 8 nitrogen and oxygen atoms in total. The van der Waals surface area contributed by atoms with Gasteiger partial charge in [-0.25, -0.2) is 30.1 Å². The van der Waals surface area contributed by atoms with Crippen molar-refractivity contribution >= 4 is 31.4 Å². The van der Waals surface area contributed by atoms with Crippen LogP contribution in [0.3, 0.4) is 0 Å². The Balaban J connectivity index is 0.00000240. The fourth-order valence-electron chi connectivity index (χ4n) is 3.72. The zero-order valence-corrected chi connectivity index (χ0v) is 17.4. The van der Waals surface area contributed by atoms with Crippen LogP contribution in [0.25, 0.3) is 11.0 Å². The zero-order valence-electron chi connectivity index (χ0n) is 15.8. The van der Waals surface area contributed by atoms with E-state index in [-0.39, 0.29) is 42.4 Å². The van der Waals surface area contributed by atoms with Gasteiger partial charge in [0.15, 0.2) is 16.0 Å². The molecule has 0 spiro atoms. The van der Waals surface area contributed by atoms with Crippen molar-refractivity contribution in [3.05, 3.63) is 60.4 Å². The van der Waals surface area contributed by atoms with Crippen LogP contribution < -0.4 is 18.9 Å². The van der Waals surface area contributed by atoms with Gasteiger partial charge < -0.3 is 4.55 Å². The van der Waals surface area contributed by atoms with Crippen molar-refractivity contribution in [2.24, 2.45) is 0 Å². The maximum atomic E-state index is 13.3. The second kappa shape index (κ2) is 8.22. The van der Waals surface area contributed by atoms with Crippen LogP contribution >= 0.6 is 0 Å². The standard InChI is InChI=1S/C18H19N3O5S2.Li/c22-27(23,17-8-2-1-3-9-17)21-16(12-14-6-4-10-19-18(14)21)13-15-7-5-11-20(15)28(24,25)26;/h1-4,6,8-10,12,15H,5,7,11,13H2,(H,24,25,26);/q;+1/p-1. The summed E-state index contributed by atoms with van der Waals surface area (Å²) in [6.07, 6.45) is 2.69. The summed E-state index contributed by atoms with van der Waals surface area (Å²) in [4.78, 5) is 4.34. The first-order valence-electron chi connectivity index (χ1n) is 8.77. The molecule has 0 bridgehead atoms. The molecule has 1 unspecified atom stereocenters. The van der Waals surface area contributed by atoms with E-state index in [4.69, 9.17) is 0 Å². The normalized spacial score (nSPS) is 18.0. The average molecular weight is 427 g/mol. The van der Waals surface area contributed by atoms with E-state index in [1.165, 1.54) is 18.3 Å². The molecule has 1 atom stereocenters. The average Bonchev–Trinajstić information content (AvgIpc) is 3.26. The SMILES string of the molecule is O=S(=O)([O-])N1CCCC1Cc1cc2cccnc2n1S(=O)(=O)c1ccccc1.[Li+]. The molecule has 0 saturated carbocycles. The number of hydrogen-bond donors (Lipinski definition) is 0. The van der Waals surface area contributed by atoms with E-state index in [1.807, 2.05) is 0 Å². The van der Waals surface area contributed by atoms with Gasteiger partial charge in [-0.3, -0.25) is 0 Å². The van der Waals surface area contributed by atoms with Crippen molar-refractivity contribution < 1.29 is 40.2 Å². The summed E-state index contributed by atoms with van der Waals surface area (Å²) >= 11 is 0. The molecule has 0 N–H and O–H groups in total. The van der Waals surface area contributed by atoms with E-state index in [0.717, 1.165) is 8.28 Å². The number of benzene rings is 1. The molecular formula is C18H18LiN3O5S2. The number of rotatable bonds is 5. The molecule has 1 fully saturated rings. The van der Waals surface area contributed by atoms with E-state index in [0.29, 0.717) is 23.9 Å². The predicted molar refractivity (Wildman–Crippen MR) is 102 cm³/mol. The van der Waals surface area contributed by atoms with E-state index in [9.17, 15) is 21.4 Å². The van der Waals surface area contributed by atoms with Gasteiger partial charge in [0, 0.05) is 36.3 Å². The number of aromatic nitrogens is 2. The number of nitrogens with zero attached hydrogens (tertiary/aromatic N) is 3. The van der Waals surface area contributed by atoms with Crippen LogP contribution in [0.4, 0.5) is 0 Å². The summed E-state index contributed by atoms with van der Waals surface area (Å²) in [6, 6.07) is 12.6. The summed E-state index contributed by atoms with van der Waals surface area (Å²) in [5.74, 6) is 0. The Morgan fingerprint density at radius 1 is 1.07 bits per heavy atom. The predicted octanol–water partition coefficient (Wildman–Crippen LogP) is -1.26. The van der Waals surface area contributed by atoms with Gasteiger partial charge in [0.05, 0.1) is 4.90 Å². The van der Waals surface area contributed by atoms with Crippen LogP contribution in [0.15, 0.2) is 59.6 Å². The first kappa shape index (κ1) is 22.0. The number of fused-ring (bicyclic) bond motifs is 1. The van der Waals surface area contributed by atoms with Gasteiger partial charge in [0.2, 0.25) is 0 Å². The maximum Gasteiger partial charge on any atom is 1.00 e. The Bertz CT molecular complexity index is 1230. The van der Waals surface area contributed by atoms with Gasteiger partial charge in [0.25, 0.3) is 10.0 Å². The third-order valence-corrected chi connectivity index (χ3v) is 7.74. The van der Waals surface area contributed by atoms with Crippen molar-refractivity contribution in [2.45, 2.75) is 30.2 Å². The molecule has 3 aromatic rings. The molecule has 11 heteroatoms. The van der Waals surface area contributed by atoms with Crippen LogP contribution in [0.5, 0.6) is 0 Å². The molecule has 0 radical (unpaired) electrons. The molecule has 3 heterocycles. The first-order valence-corrected chi connectivity index (χ1v) is 11.6. The van der Waals surface area contributed by atoms with Gasteiger partial charge in [-0.05, 0) is 43.2 Å². The summed E-state index contributed by atoms with van der Waals surface area (Å²) in [5, 5.41) is 0.631. The molecule has 148 valence electrons. The molecule has 4 rings (SSSR count). The molecule has 29 heavy (non-hydrogen) atoms. The second-order valence-electron chi connectivity index (χ2n) is 6.70. The Morgan fingerprint density at radius 2 is 1.79 bits per heavy atom. The van der Waals surface area contributed by atoms with Crippen molar-refractivity contribution in [3.63, 3.8) is 0 Å². The third-order valence-electron chi connectivity index (χ3n) is 4.93. The molecule has 0 aliphatic carbocycles. The summed E-state index contributed by atoms with van der Waals surface area (Å²) < 4.78 is 63.3. The third kappa shape index (κ3) is 4.14. The summed E-state index contributed by atoms with van der Waals surface area (Å²) in [7, 11) is -8.53. The Hall–Kier alpha value is -1.67. The molecule has 1 aliphatic rings. The number of hydrogen-bond acceptors (Lipinski definition) is 6. The van der Waals surface area contributed by atoms with Crippen molar-refractivity contribution in [2.75, 3.05) is 6.54 Å². The Kier molecular flexibility index (Phi) is 6.24. The van der Waals surface area contributed by atoms with Crippen molar-refractivity contribution in [3.8, 4) is 0 Å². The molecule has 1 aromatic carbocycles. The fraction of sp³-hybridized carbons (Fsp3) is 0.278. The van der Waals surface area contributed by atoms with E-state index < -0.39 is 26.4 Å².